The van der Waals surface area contributed by atoms with Crippen molar-refractivity contribution in [2.24, 2.45) is 5.73 Å². The van der Waals surface area contributed by atoms with E-state index in [1.165, 1.54) is 0 Å². The number of nitrogens with zero attached hydrogens (tertiary/aromatic N) is 2. The minimum absolute atomic E-state index is 0.106. The first-order valence-electron chi connectivity index (χ1n) is 7.97. The molecule has 0 aliphatic carbocycles. The maximum Gasteiger partial charge on any atom is 0.244 e. The van der Waals surface area contributed by atoms with Crippen molar-refractivity contribution in [2.75, 3.05) is 0 Å². The maximum absolute atomic E-state index is 9.71. The van der Waals surface area contributed by atoms with Gasteiger partial charge in [0.1, 0.15) is 11.6 Å². The highest BCUT2D eigenvalue weighted by atomic mass is 16.5. The number of nitrogens with two attached hydrogens (primary N) is 1. The Balaban J connectivity index is 1.99. The second-order valence-corrected chi connectivity index (χ2v) is 5.96. The Morgan fingerprint density at radius 3 is 2.56 bits per heavy atom. The number of nitrogens with one attached hydrogen (secondary N) is 1. The molecule has 122 valence electrons. The number of aromatic nitrogens is 2. The SMILES string of the molecule is Cc1ccccc1C1C(C#N)=C(N)Oc2n[nH]c(-c3ccccc3)c21. The molecule has 2 heterocycles. The zero-order valence-corrected chi connectivity index (χ0v) is 13.7. The standard InChI is InChI=1S/C20H16N4O/c1-12-7-5-6-10-14(12)16-15(11-21)19(22)25-20-17(16)18(23-24-20)13-8-3-2-4-9-13/h2-10,16H,22H2,1H3,(H,23,24). The van der Waals surface area contributed by atoms with E-state index in [0.717, 1.165) is 27.9 Å². The molecule has 0 radical (unpaired) electrons. The molecule has 1 atom stereocenters. The molecule has 0 fully saturated rings. The monoisotopic (exact) mass is 328 g/mol. The van der Waals surface area contributed by atoms with E-state index in [9.17, 15) is 5.26 Å². The summed E-state index contributed by atoms with van der Waals surface area (Å²) in [6.07, 6.45) is 0. The van der Waals surface area contributed by atoms with Crippen LogP contribution >= 0.6 is 0 Å². The van der Waals surface area contributed by atoms with E-state index >= 15 is 0 Å². The fourth-order valence-corrected chi connectivity index (χ4v) is 3.29. The zero-order chi connectivity index (χ0) is 17.4. The van der Waals surface area contributed by atoms with Gasteiger partial charge in [-0.3, -0.25) is 5.10 Å². The van der Waals surface area contributed by atoms with Crippen LogP contribution in [0.2, 0.25) is 0 Å². The molecule has 1 aliphatic rings. The number of hydrogen-bond donors (Lipinski definition) is 2. The summed E-state index contributed by atoms with van der Waals surface area (Å²) in [5, 5.41) is 17.0. The Kier molecular flexibility index (Phi) is 3.51. The van der Waals surface area contributed by atoms with Crippen LogP contribution in [0.15, 0.2) is 66.1 Å². The topological polar surface area (TPSA) is 87.7 Å². The average Bonchev–Trinajstić information content (AvgIpc) is 3.05. The molecule has 0 saturated carbocycles. The molecule has 5 nitrogen and oxygen atoms in total. The Morgan fingerprint density at radius 1 is 1.12 bits per heavy atom. The minimum Gasteiger partial charge on any atom is -0.420 e. The van der Waals surface area contributed by atoms with Gasteiger partial charge in [-0.2, -0.15) is 5.26 Å². The van der Waals surface area contributed by atoms with Crippen LogP contribution in [-0.4, -0.2) is 10.2 Å². The maximum atomic E-state index is 9.71. The molecule has 0 bridgehead atoms. The van der Waals surface area contributed by atoms with Crippen LogP contribution in [0.4, 0.5) is 0 Å². The van der Waals surface area contributed by atoms with E-state index in [1.54, 1.807) is 0 Å². The first-order chi connectivity index (χ1) is 12.2. The second kappa shape index (κ2) is 5.84. The van der Waals surface area contributed by atoms with E-state index in [2.05, 4.69) is 16.3 Å². The number of benzene rings is 2. The molecule has 1 aromatic heterocycles. The number of allylic oxidation sites excluding steroid dienone is 1. The largest absolute Gasteiger partial charge is 0.420 e. The normalized spacial score (nSPS) is 16.1. The smallest absolute Gasteiger partial charge is 0.244 e. The summed E-state index contributed by atoms with van der Waals surface area (Å²) in [6.45, 7) is 2.03. The molecule has 0 saturated heterocycles. The third-order valence-corrected chi connectivity index (χ3v) is 4.50. The van der Waals surface area contributed by atoms with Crippen molar-refractivity contribution in [1.82, 2.24) is 10.2 Å². The first kappa shape index (κ1) is 15.0. The van der Waals surface area contributed by atoms with Crippen LogP contribution in [0.1, 0.15) is 22.6 Å². The van der Waals surface area contributed by atoms with Crippen LogP contribution in [0, 0.1) is 18.3 Å². The van der Waals surface area contributed by atoms with E-state index in [1.807, 2.05) is 61.5 Å². The van der Waals surface area contributed by atoms with Crippen molar-refractivity contribution >= 4 is 0 Å². The first-order valence-corrected chi connectivity index (χ1v) is 7.97. The third kappa shape index (κ3) is 2.36. The molecular weight excluding hydrogens is 312 g/mol. The van der Waals surface area contributed by atoms with E-state index in [0.29, 0.717) is 11.5 Å². The average molecular weight is 328 g/mol. The van der Waals surface area contributed by atoms with Gasteiger partial charge in [-0.05, 0) is 23.6 Å². The molecule has 1 aliphatic heterocycles. The number of hydrogen-bond acceptors (Lipinski definition) is 4. The predicted octanol–water partition coefficient (Wildman–Crippen LogP) is 3.60. The summed E-state index contributed by atoms with van der Waals surface area (Å²) in [5.41, 5.74) is 11.2. The van der Waals surface area contributed by atoms with Crippen LogP contribution in [0.25, 0.3) is 11.3 Å². The lowest BCUT2D eigenvalue weighted by molar-refractivity contribution is 0.379. The highest BCUT2D eigenvalue weighted by molar-refractivity contribution is 5.71. The van der Waals surface area contributed by atoms with Crippen molar-refractivity contribution in [3.63, 3.8) is 0 Å². The molecule has 25 heavy (non-hydrogen) atoms. The fourth-order valence-electron chi connectivity index (χ4n) is 3.29. The highest BCUT2D eigenvalue weighted by Gasteiger charge is 2.36. The van der Waals surface area contributed by atoms with Crippen molar-refractivity contribution in [3.05, 3.63) is 82.7 Å². The second-order valence-electron chi connectivity index (χ2n) is 5.96. The molecule has 2 aromatic carbocycles. The molecular formula is C20H16N4O. The summed E-state index contributed by atoms with van der Waals surface area (Å²) >= 11 is 0. The van der Waals surface area contributed by atoms with Gasteiger partial charge in [0.25, 0.3) is 0 Å². The van der Waals surface area contributed by atoms with Crippen molar-refractivity contribution < 1.29 is 4.74 Å². The molecule has 3 N–H and O–H groups in total. The van der Waals surface area contributed by atoms with Gasteiger partial charge in [0.15, 0.2) is 0 Å². The summed E-state index contributed by atoms with van der Waals surface area (Å²) in [5.74, 6) is 0.210. The molecule has 1 unspecified atom stereocenters. The number of rotatable bonds is 2. The van der Waals surface area contributed by atoms with Gasteiger partial charge < -0.3 is 10.5 Å². The fraction of sp³-hybridized carbons (Fsp3) is 0.100. The molecule has 4 rings (SSSR count). The lowest BCUT2D eigenvalue weighted by atomic mass is 9.81. The van der Waals surface area contributed by atoms with Gasteiger partial charge >= 0.3 is 0 Å². The van der Waals surface area contributed by atoms with Gasteiger partial charge in [-0.1, -0.05) is 54.6 Å². The van der Waals surface area contributed by atoms with E-state index in [-0.39, 0.29) is 11.8 Å². The Bertz CT molecular complexity index is 1010. The van der Waals surface area contributed by atoms with Gasteiger partial charge in [0, 0.05) is 0 Å². The predicted molar refractivity (Wildman–Crippen MR) is 94.5 cm³/mol. The summed E-state index contributed by atoms with van der Waals surface area (Å²) in [6, 6.07) is 20.1. The minimum atomic E-state index is -0.316. The lowest BCUT2D eigenvalue weighted by Gasteiger charge is -2.25. The van der Waals surface area contributed by atoms with Gasteiger partial charge in [-0.25, -0.2) is 0 Å². The van der Waals surface area contributed by atoms with Gasteiger partial charge in [-0.15, -0.1) is 5.10 Å². The molecule has 3 aromatic rings. The number of aromatic amines is 1. The van der Waals surface area contributed by atoms with Gasteiger partial charge in [0.05, 0.1) is 17.2 Å². The highest BCUT2D eigenvalue weighted by Crippen LogP contribution is 2.46. The molecule has 0 amide bonds. The van der Waals surface area contributed by atoms with Crippen molar-refractivity contribution in [2.45, 2.75) is 12.8 Å². The molecule has 5 heteroatoms. The van der Waals surface area contributed by atoms with Gasteiger partial charge in [0.2, 0.25) is 11.8 Å². The number of nitriles is 1. The Morgan fingerprint density at radius 2 is 1.84 bits per heavy atom. The van der Waals surface area contributed by atoms with Crippen LogP contribution < -0.4 is 10.5 Å². The summed E-state index contributed by atoms with van der Waals surface area (Å²) in [4.78, 5) is 0. The zero-order valence-electron chi connectivity index (χ0n) is 13.7. The Hall–Kier alpha value is -3.52. The third-order valence-electron chi connectivity index (χ3n) is 4.50. The van der Waals surface area contributed by atoms with Crippen LogP contribution in [0.5, 0.6) is 5.88 Å². The van der Waals surface area contributed by atoms with Crippen molar-refractivity contribution in [1.29, 1.82) is 5.26 Å². The van der Waals surface area contributed by atoms with Crippen LogP contribution in [0.3, 0.4) is 0 Å². The number of aryl methyl sites for hydroxylation is 1. The lowest BCUT2D eigenvalue weighted by Crippen LogP contribution is -2.21. The quantitative estimate of drug-likeness (QED) is 0.752. The molecule has 0 spiro atoms. The van der Waals surface area contributed by atoms with Crippen LogP contribution in [-0.2, 0) is 0 Å². The van der Waals surface area contributed by atoms with Crippen molar-refractivity contribution in [3.8, 4) is 23.2 Å². The Labute approximate surface area is 145 Å². The van der Waals surface area contributed by atoms with E-state index < -0.39 is 0 Å². The number of ether oxygens (including phenoxy) is 1. The number of H-pyrrole nitrogens is 1. The van der Waals surface area contributed by atoms with E-state index in [4.69, 9.17) is 10.5 Å². The number of fused-ring (bicyclic) bond motifs is 1. The summed E-state index contributed by atoms with van der Waals surface area (Å²) < 4.78 is 5.62. The summed E-state index contributed by atoms with van der Waals surface area (Å²) in [7, 11) is 0.